The fraction of sp³-hybridized carbons (Fsp3) is 0.270. The highest BCUT2D eigenvalue weighted by molar-refractivity contribution is 7.81. The quantitative estimate of drug-likeness (QED) is 0.0628. The van der Waals surface area contributed by atoms with Crippen molar-refractivity contribution in [3.05, 3.63) is 90.5 Å². The van der Waals surface area contributed by atoms with Crippen molar-refractivity contribution in [1.82, 2.24) is 15.0 Å². The van der Waals surface area contributed by atoms with Crippen LogP contribution in [0.2, 0.25) is 0 Å². The maximum atomic E-state index is 14.8. The van der Waals surface area contributed by atoms with Gasteiger partial charge < -0.3 is 25.3 Å². The number of nitrogens with two attached hydrogens (primary N) is 1. The Labute approximate surface area is 306 Å². The molecule has 13 nitrogen and oxygen atoms in total. The summed E-state index contributed by atoms with van der Waals surface area (Å²) in [6.45, 7) is 2.24. The molecule has 5 rings (SSSR count). The molecule has 2 aromatic heterocycles. The van der Waals surface area contributed by atoms with E-state index in [-0.39, 0.29) is 28.9 Å². The Balaban J connectivity index is 1.21. The van der Waals surface area contributed by atoms with Crippen LogP contribution < -0.4 is 29.6 Å². The third-order valence-electron chi connectivity index (χ3n) is 8.19. The maximum absolute atomic E-state index is 14.8. The number of amides is 2. The van der Waals surface area contributed by atoms with Crippen LogP contribution in [0, 0.1) is 18.6 Å². The molecule has 1 atom stereocenters. The zero-order valence-corrected chi connectivity index (χ0v) is 29.8. The van der Waals surface area contributed by atoms with Crippen LogP contribution in [0.25, 0.3) is 22.0 Å². The number of primary amides is 1. The number of carbonyl (C=O) groups is 2. The molecule has 0 fully saturated rings. The molecule has 53 heavy (non-hydrogen) atoms. The molecule has 3 aromatic carbocycles. The molecule has 0 aliphatic heterocycles. The van der Waals surface area contributed by atoms with E-state index in [0.717, 1.165) is 53.9 Å². The number of methoxy groups -OCH3 is 1. The standard InChI is InChI=1S/C37H38F2N6O7S/c1-23-27-17-24(25-18-31(36(50-2)41-21-25)45(53(48)49)30-15-14-26(38)20-28(30)39)19-33(35(27)43-22-42-23)51-16-10-6-4-3-5-7-13-34(46)44-29-11-8-9-12-32(29)52-37(40)47/h8-9,11-12,14-15,17-22H,3-7,10,13,16H2,1-2H3,(H2,40,47)(H,44,46)(H,48,49). The lowest BCUT2D eigenvalue weighted by Crippen LogP contribution is -2.21. The Morgan fingerprint density at radius 2 is 1.66 bits per heavy atom. The molecule has 0 radical (unpaired) electrons. The van der Waals surface area contributed by atoms with Gasteiger partial charge in [-0.3, -0.25) is 9.35 Å². The van der Waals surface area contributed by atoms with Crippen molar-refractivity contribution in [2.75, 3.05) is 23.3 Å². The smallest absolute Gasteiger partial charge is 0.410 e. The average Bonchev–Trinajstić information content (AvgIpc) is 3.12. The van der Waals surface area contributed by atoms with E-state index >= 15 is 0 Å². The second-order valence-corrected chi connectivity index (χ2v) is 12.7. The van der Waals surface area contributed by atoms with Crippen molar-refractivity contribution in [3.63, 3.8) is 0 Å². The number of para-hydroxylation sites is 2. The second-order valence-electron chi connectivity index (χ2n) is 11.9. The van der Waals surface area contributed by atoms with Crippen LogP contribution in [-0.2, 0) is 16.1 Å². The molecule has 5 aromatic rings. The van der Waals surface area contributed by atoms with Gasteiger partial charge in [0.1, 0.15) is 29.1 Å². The van der Waals surface area contributed by atoms with Crippen molar-refractivity contribution in [2.45, 2.75) is 51.9 Å². The minimum absolute atomic E-state index is 0.0271. The fourth-order valence-corrected chi connectivity index (χ4v) is 6.25. The lowest BCUT2D eigenvalue weighted by atomic mass is 10.0. The van der Waals surface area contributed by atoms with Crippen LogP contribution in [0.15, 0.2) is 73.2 Å². The Morgan fingerprint density at radius 1 is 0.906 bits per heavy atom. The number of hydrogen-bond donors (Lipinski definition) is 3. The van der Waals surface area contributed by atoms with Crippen LogP contribution in [-0.4, -0.2) is 49.4 Å². The number of aryl methyl sites for hydroxylation is 1. The molecule has 0 saturated carbocycles. The lowest BCUT2D eigenvalue weighted by molar-refractivity contribution is -0.116. The fourth-order valence-electron chi connectivity index (χ4n) is 5.64. The van der Waals surface area contributed by atoms with Gasteiger partial charge in [-0.2, -0.15) is 0 Å². The average molecular weight is 749 g/mol. The molecule has 2 heterocycles. The Morgan fingerprint density at radius 3 is 2.40 bits per heavy atom. The van der Waals surface area contributed by atoms with Crippen molar-refractivity contribution < 1.29 is 41.3 Å². The number of ether oxygens (including phenoxy) is 3. The zero-order chi connectivity index (χ0) is 37.9. The molecule has 0 saturated heterocycles. The molecule has 278 valence electrons. The highest BCUT2D eigenvalue weighted by atomic mass is 32.2. The number of unbranched alkanes of at least 4 members (excludes halogenated alkanes) is 5. The molecule has 0 spiro atoms. The van der Waals surface area contributed by atoms with Gasteiger partial charge in [-0.05, 0) is 67.8 Å². The van der Waals surface area contributed by atoms with E-state index < -0.39 is 29.0 Å². The number of halogens is 2. The van der Waals surface area contributed by atoms with Gasteiger partial charge in [0.25, 0.3) is 11.3 Å². The number of benzene rings is 3. The first-order valence-corrected chi connectivity index (χ1v) is 17.8. The van der Waals surface area contributed by atoms with Gasteiger partial charge in [-0.15, -0.1) is 0 Å². The summed E-state index contributed by atoms with van der Waals surface area (Å²) >= 11 is -2.78. The van der Waals surface area contributed by atoms with Crippen molar-refractivity contribution in [2.24, 2.45) is 5.73 Å². The van der Waals surface area contributed by atoms with Gasteiger partial charge in [-0.1, -0.05) is 37.8 Å². The van der Waals surface area contributed by atoms with Gasteiger partial charge in [0.15, 0.2) is 11.6 Å². The number of hydrogen-bond acceptors (Lipinski definition) is 9. The maximum Gasteiger partial charge on any atom is 0.410 e. The molecule has 2 amide bonds. The normalized spacial score (nSPS) is 11.6. The highest BCUT2D eigenvalue weighted by Crippen LogP contribution is 2.39. The first kappa shape index (κ1) is 38.5. The Kier molecular flexibility index (Phi) is 13.2. The van der Waals surface area contributed by atoms with Crippen LogP contribution in [0.5, 0.6) is 17.4 Å². The molecule has 0 bridgehead atoms. The Hall–Kier alpha value is -5.74. The molecule has 4 N–H and O–H groups in total. The van der Waals surface area contributed by atoms with E-state index in [0.29, 0.717) is 59.3 Å². The minimum Gasteiger partial charge on any atom is -0.491 e. The van der Waals surface area contributed by atoms with Crippen molar-refractivity contribution >= 4 is 51.2 Å². The van der Waals surface area contributed by atoms with Gasteiger partial charge in [0.05, 0.1) is 25.1 Å². The zero-order valence-electron chi connectivity index (χ0n) is 29.0. The summed E-state index contributed by atoms with van der Waals surface area (Å²) in [5.41, 5.74) is 7.52. The number of pyridine rings is 1. The number of anilines is 3. The van der Waals surface area contributed by atoms with Crippen molar-refractivity contribution in [3.8, 4) is 28.5 Å². The monoisotopic (exact) mass is 748 g/mol. The topological polar surface area (TPSA) is 179 Å². The van der Waals surface area contributed by atoms with E-state index in [1.54, 1.807) is 30.3 Å². The van der Waals surface area contributed by atoms with Gasteiger partial charge in [0.2, 0.25) is 11.8 Å². The summed E-state index contributed by atoms with van der Waals surface area (Å²) in [5, 5.41) is 3.47. The van der Waals surface area contributed by atoms with Crippen LogP contribution in [0.3, 0.4) is 0 Å². The Bertz CT molecular complexity index is 2120. The molecular formula is C37H38F2N6O7S. The van der Waals surface area contributed by atoms with Gasteiger partial charge in [-0.25, -0.2) is 37.0 Å². The highest BCUT2D eigenvalue weighted by Gasteiger charge is 2.25. The largest absolute Gasteiger partial charge is 0.491 e. The first-order chi connectivity index (χ1) is 25.5. The van der Waals surface area contributed by atoms with E-state index in [9.17, 15) is 27.1 Å². The summed E-state index contributed by atoms with van der Waals surface area (Å²) in [4.78, 5) is 36.6. The molecule has 0 aliphatic rings. The van der Waals surface area contributed by atoms with Gasteiger partial charge >= 0.3 is 6.09 Å². The number of nitrogens with one attached hydrogen (secondary N) is 1. The molecular weight excluding hydrogens is 711 g/mol. The predicted molar refractivity (Wildman–Crippen MR) is 196 cm³/mol. The third-order valence-corrected chi connectivity index (χ3v) is 8.90. The molecule has 1 unspecified atom stereocenters. The van der Waals surface area contributed by atoms with Crippen LogP contribution in [0.4, 0.5) is 30.6 Å². The lowest BCUT2D eigenvalue weighted by Gasteiger charge is -2.23. The molecule has 0 aliphatic carbocycles. The van der Waals surface area contributed by atoms with Crippen LogP contribution >= 0.6 is 0 Å². The minimum atomic E-state index is -2.78. The van der Waals surface area contributed by atoms with Gasteiger partial charge in [0, 0.05) is 35.3 Å². The number of aromatic nitrogens is 3. The van der Waals surface area contributed by atoms with E-state index in [4.69, 9.17) is 19.9 Å². The predicted octanol–water partition coefficient (Wildman–Crippen LogP) is 7.77. The first-order valence-electron chi connectivity index (χ1n) is 16.7. The molecule has 16 heteroatoms. The van der Waals surface area contributed by atoms with Crippen LogP contribution in [0.1, 0.15) is 50.6 Å². The summed E-state index contributed by atoms with van der Waals surface area (Å²) in [6, 6.07) is 14.4. The summed E-state index contributed by atoms with van der Waals surface area (Å²) < 4.78 is 68.5. The van der Waals surface area contributed by atoms with E-state index in [1.165, 1.54) is 25.7 Å². The number of rotatable bonds is 17. The summed E-state index contributed by atoms with van der Waals surface area (Å²) in [6.07, 6.45) is 7.43. The number of nitrogens with zero attached hydrogens (tertiary/aromatic N) is 4. The summed E-state index contributed by atoms with van der Waals surface area (Å²) in [7, 11) is 1.32. The number of fused-ring (bicyclic) bond motifs is 1. The number of carbonyl (C=O) groups excluding carboxylic acids is 2. The van der Waals surface area contributed by atoms with E-state index in [2.05, 4.69) is 20.3 Å². The SMILES string of the molecule is COc1ncc(-c2cc(OCCCCCCCCC(=O)Nc3ccccc3OC(N)=O)c3ncnc(C)c3c2)cc1N(c1ccc(F)cc1F)S(=O)O. The summed E-state index contributed by atoms with van der Waals surface area (Å²) in [5.74, 6) is -1.44. The van der Waals surface area contributed by atoms with E-state index in [1.807, 2.05) is 13.0 Å². The second kappa shape index (κ2) is 18.1. The third kappa shape index (κ3) is 9.99. The van der Waals surface area contributed by atoms with Crippen molar-refractivity contribution in [1.29, 1.82) is 0 Å².